The fourth-order valence-electron chi connectivity index (χ4n) is 6.77. The molecule has 3 fully saturated rings. The van der Waals surface area contributed by atoms with Gasteiger partial charge in [0.1, 0.15) is 29.7 Å². The summed E-state index contributed by atoms with van der Waals surface area (Å²) >= 11 is 0. The number of carbonyl (C=O) groups is 4. The molecule has 9 heteroatoms. The summed E-state index contributed by atoms with van der Waals surface area (Å²) in [5.41, 5.74) is -4.39. The van der Waals surface area contributed by atoms with Gasteiger partial charge in [0.15, 0.2) is 5.60 Å². The third kappa shape index (κ3) is 3.84. The summed E-state index contributed by atoms with van der Waals surface area (Å²) in [4.78, 5) is 50.4. The van der Waals surface area contributed by atoms with Gasteiger partial charge in [0.05, 0.1) is 17.1 Å². The third-order valence-electron chi connectivity index (χ3n) is 8.20. The molecular weight excluding hydrogens is 468 g/mol. The average molecular weight is 503 g/mol. The zero-order chi connectivity index (χ0) is 26.6. The van der Waals surface area contributed by atoms with Gasteiger partial charge >= 0.3 is 17.9 Å². The highest BCUT2D eigenvalue weighted by Gasteiger charge is 2.82. The molecule has 0 radical (unpaired) electrons. The summed E-state index contributed by atoms with van der Waals surface area (Å²) in [6.07, 6.45) is -3.22. The zero-order valence-corrected chi connectivity index (χ0v) is 21.5. The molecule has 4 rings (SSSR count). The van der Waals surface area contributed by atoms with E-state index in [-0.39, 0.29) is 24.2 Å². The van der Waals surface area contributed by atoms with Crippen LogP contribution in [0.1, 0.15) is 64.7 Å². The molecule has 0 aromatic heterocycles. The Labute approximate surface area is 210 Å². The Hall–Kier alpha value is -2.78. The molecule has 2 saturated carbocycles. The van der Waals surface area contributed by atoms with E-state index in [0.717, 1.165) is 0 Å². The predicted molar refractivity (Wildman–Crippen MR) is 126 cm³/mol. The van der Waals surface area contributed by atoms with E-state index in [1.165, 1.54) is 20.8 Å². The highest BCUT2D eigenvalue weighted by atomic mass is 16.6. The lowest BCUT2D eigenvalue weighted by Gasteiger charge is -2.61. The number of rotatable bonds is 5. The summed E-state index contributed by atoms with van der Waals surface area (Å²) < 4.78 is 24.0. The lowest BCUT2D eigenvalue weighted by molar-refractivity contribution is -0.327. The minimum Gasteiger partial charge on any atom is -0.459 e. The molecule has 1 N–H and O–H groups in total. The molecule has 1 spiro atoms. The Morgan fingerprint density at radius 2 is 1.50 bits per heavy atom. The van der Waals surface area contributed by atoms with Crippen LogP contribution in [0.3, 0.4) is 0 Å². The van der Waals surface area contributed by atoms with Crippen molar-refractivity contribution in [3.8, 4) is 0 Å². The highest BCUT2D eigenvalue weighted by Crippen LogP contribution is 2.64. The van der Waals surface area contributed by atoms with Crippen molar-refractivity contribution in [1.29, 1.82) is 0 Å². The molecular formula is C27H34O9. The second kappa shape index (κ2) is 8.95. The number of benzene rings is 1. The topological polar surface area (TPSA) is 125 Å². The van der Waals surface area contributed by atoms with Crippen molar-refractivity contribution in [2.45, 2.75) is 89.5 Å². The first-order chi connectivity index (χ1) is 16.8. The zero-order valence-electron chi connectivity index (χ0n) is 21.5. The standard InChI is InChI=1S/C27H34O9/c1-14-12-19(15(2)28)22(33-16(3)29)26(32)21(35-24(31)18-10-8-7-9-11-18)13-20-23(34-17(4)30)27(14,26)36-25(20,5)6/h7-11,14,19-23,32H,12-13H2,1-6H3/t14?,19-,20-,21+,22+,23-,26+,27-/m1/s1. The molecule has 36 heavy (non-hydrogen) atoms. The Morgan fingerprint density at radius 3 is 2.06 bits per heavy atom. The molecule has 1 aliphatic heterocycles. The molecule has 8 atom stereocenters. The van der Waals surface area contributed by atoms with E-state index >= 15 is 0 Å². The fraction of sp³-hybridized carbons (Fsp3) is 0.630. The van der Waals surface area contributed by atoms with E-state index in [4.69, 9.17) is 18.9 Å². The van der Waals surface area contributed by atoms with Crippen LogP contribution in [0.2, 0.25) is 0 Å². The second-order valence-electron chi connectivity index (χ2n) is 10.8. The minimum absolute atomic E-state index is 0.0663. The lowest BCUT2D eigenvalue weighted by atomic mass is 9.51. The molecule has 1 unspecified atom stereocenters. The summed E-state index contributed by atoms with van der Waals surface area (Å²) in [6, 6.07) is 8.32. The Morgan fingerprint density at radius 1 is 0.917 bits per heavy atom. The summed E-state index contributed by atoms with van der Waals surface area (Å²) in [5.74, 6) is -4.06. The van der Waals surface area contributed by atoms with Crippen molar-refractivity contribution < 1.29 is 43.2 Å². The maximum absolute atomic E-state index is 13.2. The maximum atomic E-state index is 13.2. The number of hydrogen-bond acceptors (Lipinski definition) is 9. The molecule has 196 valence electrons. The predicted octanol–water partition coefficient (Wildman–Crippen LogP) is 2.62. The molecule has 3 aliphatic rings. The SMILES string of the molecule is CC(=O)O[C@@H]1[C@H]2C[C@H](OC(=O)c3ccccc3)[C@]3(O)[C@@H](OC(C)=O)[C@@H](C(C)=O)CC(C)[C@@]13OC2(C)C. The van der Waals surface area contributed by atoms with Crippen molar-refractivity contribution in [1.82, 2.24) is 0 Å². The highest BCUT2D eigenvalue weighted by molar-refractivity contribution is 5.89. The summed E-state index contributed by atoms with van der Waals surface area (Å²) in [6.45, 7) is 9.30. The van der Waals surface area contributed by atoms with Gasteiger partial charge in [0.25, 0.3) is 0 Å². The first-order valence-electron chi connectivity index (χ1n) is 12.3. The van der Waals surface area contributed by atoms with Crippen LogP contribution in [0.25, 0.3) is 0 Å². The van der Waals surface area contributed by atoms with E-state index < -0.39 is 70.8 Å². The monoisotopic (exact) mass is 502 g/mol. The smallest absolute Gasteiger partial charge is 0.338 e. The van der Waals surface area contributed by atoms with Crippen LogP contribution in [-0.2, 0) is 33.3 Å². The Bertz CT molecular complexity index is 1070. The van der Waals surface area contributed by atoms with E-state index in [1.807, 2.05) is 13.8 Å². The van der Waals surface area contributed by atoms with Gasteiger partial charge in [-0.05, 0) is 51.7 Å². The largest absolute Gasteiger partial charge is 0.459 e. The molecule has 0 amide bonds. The van der Waals surface area contributed by atoms with E-state index in [9.17, 15) is 24.3 Å². The quantitative estimate of drug-likeness (QED) is 0.478. The molecule has 1 saturated heterocycles. The number of esters is 3. The van der Waals surface area contributed by atoms with Gasteiger partial charge in [-0.1, -0.05) is 25.1 Å². The number of ether oxygens (including phenoxy) is 4. The number of aliphatic hydroxyl groups is 1. The number of Topliss-reactive ketones (excluding diaryl/α,β-unsaturated/α-hetero) is 1. The average Bonchev–Trinajstić information content (AvgIpc) is 2.96. The van der Waals surface area contributed by atoms with Gasteiger partial charge in [-0.25, -0.2) is 4.79 Å². The first-order valence-corrected chi connectivity index (χ1v) is 12.3. The number of hydrogen-bond donors (Lipinski definition) is 1. The van der Waals surface area contributed by atoms with Crippen LogP contribution in [0, 0.1) is 17.8 Å². The van der Waals surface area contributed by atoms with Crippen molar-refractivity contribution in [2.75, 3.05) is 0 Å². The van der Waals surface area contributed by atoms with Crippen LogP contribution >= 0.6 is 0 Å². The molecule has 1 aromatic carbocycles. The van der Waals surface area contributed by atoms with Crippen molar-refractivity contribution in [2.24, 2.45) is 17.8 Å². The fourth-order valence-corrected chi connectivity index (χ4v) is 6.77. The number of carbonyl (C=O) groups excluding carboxylic acids is 4. The first kappa shape index (κ1) is 26.3. The lowest BCUT2D eigenvalue weighted by Crippen LogP contribution is -2.81. The summed E-state index contributed by atoms with van der Waals surface area (Å²) in [5, 5.41) is 12.7. The van der Waals surface area contributed by atoms with Gasteiger partial charge in [-0.15, -0.1) is 0 Å². The van der Waals surface area contributed by atoms with Crippen LogP contribution in [0.5, 0.6) is 0 Å². The third-order valence-corrected chi connectivity index (χ3v) is 8.20. The van der Waals surface area contributed by atoms with Crippen LogP contribution in [-0.4, -0.2) is 63.9 Å². The Balaban J connectivity index is 1.92. The maximum Gasteiger partial charge on any atom is 0.338 e. The van der Waals surface area contributed by atoms with Gasteiger partial charge in [0, 0.05) is 19.8 Å². The molecule has 9 nitrogen and oxygen atoms in total. The van der Waals surface area contributed by atoms with Crippen LogP contribution in [0.4, 0.5) is 0 Å². The van der Waals surface area contributed by atoms with Gasteiger partial charge in [-0.2, -0.15) is 0 Å². The van der Waals surface area contributed by atoms with E-state index in [2.05, 4.69) is 0 Å². The molecule has 1 heterocycles. The molecule has 1 aromatic rings. The van der Waals surface area contributed by atoms with Crippen molar-refractivity contribution in [3.05, 3.63) is 35.9 Å². The van der Waals surface area contributed by atoms with E-state index in [1.54, 1.807) is 37.3 Å². The molecule has 2 bridgehead atoms. The van der Waals surface area contributed by atoms with Gasteiger partial charge < -0.3 is 24.1 Å². The Kier molecular flexibility index (Phi) is 6.54. The number of ketones is 1. The molecule has 2 aliphatic carbocycles. The van der Waals surface area contributed by atoms with Crippen LogP contribution < -0.4 is 0 Å². The number of fused-ring (bicyclic) bond motifs is 1. The van der Waals surface area contributed by atoms with Gasteiger partial charge in [-0.3, -0.25) is 14.4 Å². The van der Waals surface area contributed by atoms with Gasteiger partial charge in [0.2, 0.25) is 0 Å². The van der Waals surface area contributed by atoms with Crippen LogP contribution in [0.15, 0.2) is 30.3 Å². The minimum atomic E-state index is -2.18. The normalized spacial score (nSPS) is 38.4. The van der Waals surface area contributed by atoms with Crippen molar-refractivity contribution >= 4 is 23.7 Å². The van der Waals surface area contributed by atoms with Crippen molar-refractivity contribution in [3.63, 3.8) is 0 Å². The van der Waals surface area contributed by atoms with E-state index in [0.29, 0.717) is 0 Å². The second-order valence-corrected chi connectivity index (χ2v) is 10.8. The summed E-state index contributed by atoms with van der Waals surface area (Å²) in [7, 11) is 0.